The lowest BCUT2D eigenvalue weighted by Crippen LogP contribution is -2.40. The fraction of sp³-hybridized carbons (Fsp3) is 0.500. The van der Waals surface area contributed by atoms with Crippen molar-refractivity contribution < 1.29 is 14.0 Å². The summed E-state index contributed by atoms with van der Waals surface area (Å²) in [4.78, 5) is 22.7. The number of urea groups is 1. The molecule has 0 saturated carbocycles. The van der Waals surface area contributed by atoms with E-state index in [1.165, 1.54) is 6.26 Å². The monoisotopic (exact) mass is 253 g/mol. The zero-order valence-electron chi connectivity index (χ0n) is 10.5. The lowest BCUT2D eigenvalue weighted by Gasteiger charge is -2.07. The predicted molar refractivity (Wildman–Crippen MR) is 67.4 cm³/mol. The van der Waals surface area contributed by atoms with Crippen molar-refractivity contribution in [2.45, 2.75) is 19.8 Å². The van der Waals surface area contributed by atoms with E-state index in [0.717, 1.165) is 12.8 Å². The largest absolute Gasteiger partial charge is 0.459 e. The zero-order valence-corrected chi connectivity index (χ0v) is 10.5. The summed E-state index contributed by atoms with van der Waals surface area (Å²) in [5.74, 6) is -0.0180. The molecule has 0 atom stereocenters. The van der Waals surface area contributed by atoms with Gasteiger partial charge in [0.1, 0.15) is 0 Å². The molecule has 6 heteroatoms. The van der Waals surface area contributed by atoms with Gasteiger partial charge in [-0.05, 0) is 18.6 Å². The number of carbonyl (C=O) groups is 2. The van der Waals surface area contributed by atoms with Gasteiger partial charge in [-0.2, -0.15) is 0 Å². The highest BCUT2D eigenvalue weighted by Crippen LogP contribution is 1.98. The highest BCUT2D eigenvalue weighted by atomic mass is 16.3. The molecule has 3 N–H and O–H groups in total. The van der Waals surface area contributed by atoms with Crippen molar-refractivity contribution in [1.82, 2.24) is 16.0 Å². The molecule has 1 heterocycles. The molecule has 0 aliphatic heterocycles. The lowest BCUT2D eigenvalue weighted by molar-refractivity contribution is 0.0926. The first-order valence-electron chi connectivity index (χ1n) is 6.07. The smallest absolute Gasteiger partial charge is 0.314 e. The van der Waals surface area contributed by atoms with Crippen LogP contribution in [0.5, 0.6) is 0 Å². The van der Waals surface area contributed by atoms with E-state index < -0.39 is 0 Å². The minimum Gasteiger partial charge on any atom is -0.459 e. The topological polar surface area (TPSA) is 83.4 Å². The fourth-order valence-electron chi connectivity index (χ4n) is 1.29. The quantitative estimate of drug-likeness (QED) is 0.636. The van der Waals surface area contributed by atoms with E-state index in [1.54, 1.807) is 12.1 Å². The number of furan rings is 1. The molecule has 0 aromatic carbocycles. The van der Waals surface area contributed by atoms with Crippen LogP contribution < -0.4 is 16.0 Å². The van der Waals surface area contributed by atoms with E-state index in [0.29, 0.717) is 19.6 Å². The Bertz CT molecular complexity index is 363. The van der Waals surface area contributed by atoms with Gasteiger partial charge < -0.3 is 20.4 Å². The molecule has 1 rings (SSSR count). The van der Waals surface area contributed by atoms with E-state index in [-0.39, 0.29) is 17.7 Å². The van der Waals surface area contributed by atoms with Gasteiger partial charge in [-0.1, -0.05) is 13.3 Å². The van der Waals surface area contributed by atoms with E-state index in [1.807, 2.05) is 0 Å². The summed E-state index contributed by atoms with van der Waals surface area (Å²) >= 11 is 0. The Hall–Kier alpha value is -1.98. The molecule has 0 spiro atoms. The first-order valence-corrected chi connectivity index (χ1v) is 6.07. The molecule has 1 aromatic rings. The molecule has 100 valence electrons. The molecule has 0 saturated heterocycles. The second kappa shape index (κ2) is 8.16. The van der Waals surface area contributed by atoms with Gasteiger partial charge >= 0.3 is 6.03 Å². The standard InChI is InChI=1S/C12H19N3O3/c1-2-3-6-14-12(17)15-8-7-13-11(16)10-5-4-9-18-10/h4-5,9H,2-3,6-8H2,1H3,(H,13,16)(H2,14,15,17). The van der Waals surface area contributed by atoms with E-state index >= 15 is 0 Å². The first kappa shape index (κ1) is 14.1. The molecule has 0 aliphatic rings. The molecule has 6 nitrogen and oxygen atoms in total. The van der Waals surface area contributed by atoms with Crippen molar-refractivity contribution in [3.8, 4) is 0 Å². The Morgan fingerprint density at radius 1 is 1.17 bits per heavy atom. The Balaban J connectivity index is 2.04. The average Bonchev–Trinajstić information content (AvgIpc) is 2.88. The molecule has 0 bridgehead atoms. The number of nitrogens with one attached hydrogen (secondary N) is 3. The van der Waals surface area contributed by atoms with Crippen molar-refractivity contribution in [1.29, 1.82) is 0 Å². The maximum Gasteiger partial charge on any atom is 0.314 e. The summed E-state index contributed by atoms with van der Waals surface area (Å²) in [5, 5.41) is 8.00. The lowest BCUT2D eigenvalue weighted by atomic mass is 10.3. The Kier molecular flexibility index (Phi) is 6.38. The maximum absolute atomic E-state index is 11.4. The molecular weight excluding hydrogens is 234 g/mol. The molecule has 0 unspecified atom stereocenters. The number of amides is 3. The van der Waals surface area contributed by atoms with Gasteiger partial charge in [-0.3, -0.25) is 4.79 Å². The third-order valence-corrected chi connectivity index (χ3v) is 2.26. The normalized spacial score (nSPS) is 9.83. The minimum atomic E-state index is -0.284. The van der Waals surface area contributed by atoms with Gasteiger partial charge in [0.15, 0.2) is 5.76 Å². The van der Waals surface area contributed by atoms with Crippen molar-refractivity contribution in [3.05, 3.63) is 24.2 Å². The van der Waals surface area contributed by atoms with Crippen molar-refractivity contribution in [2.75, 3.05) is 19.6 Å². The van der Waals surface area contributed by atoms with E-state index in [2.05, 4.69) is 22.9 Å². The van der Waals surface area contributed by atoms with Gasteiger partial charge in [0, 0.05) is 19.6 Å². The third kappa shape index (κ3) is 5.38. The predicted octanol–water partition coefficient (Wildman–Crippen LogP) is 1.11. The summed E-state index contributed by atoms with van der Waals surface area (Å²) in [6, 6.07) is 3.02. The minimum absolute atomic E-state index is 0.212. The number of rotatable bonds is 7. The van der Waals surface area contributed by atoms with Crippen LogP contribution in [-0.4, -0.2) is 31.6 Å². The van der Waals surface area contributed by atoms with E-state index in [9.17, 15) is 9.59 Å². The average molecular weight is 253 g/mol. The molecule has 3 amide bonds. The van der Waals surface area contributed by atoms with Crippen LogP contribution in [0.15, 0.2) is 22.8 Å². The van der Waals surface area contributed by atoms with Gasteiger partial charge in [-0.25, -0.2) is 4.79 Å². The van der Waals surface area contributed by atoms with Crippen LogP contribution in [0.2, 0.25) is 0 Å². The summed E-state index contributed by atoms with van der Waals surface area (Å²) in [6.45, 7) is 3.47. The van der Waals surface area contributed by atoms with Crippen molar-refractivity contribution in [2.24, 2.45) is 0 Å². The number of hydrogen-bond donors (Lipinski definition) is 3. The SMILES string of the molecule is CCCCNC(=O)NCCNC(=O)c1ccco1. The van der Waals surface area contributed by atoms with Crippen LogP contribution >= 0.6 is 0 Å². The molecular formula is C12H19N3O3. The molecule has 0 aliphatic carbocycles. The Morgan fingerprint density at radius 3 is 2.56 bits per heavy atom. The van der Waals surface area contributed by atoms with Crippen LogP contribution in [0, 0.1) is 0 Å². The molecule has 1 aromatic heterocycles. The summed E-state index contributed by atoms with van der Waals surface area (Å²) in [5.41, 5.74) is 0. The number of carbonyl (C=O) groups excluding carboxylic acids is 2. The van der Waals surface area contributed by atoms with Gasteiger partial charge in [0.2, 0.25) is 0 Å². The van der Waals surface area contributed by atoms with Gasteiger partial charge in [0.05, 0.1) is 6.26 Å². The maximum atomic E-state index is 11.4. The van der Waals surface area contributed by atoms with Gasteiger partial charge in [-0.15, -0.1) is 0 Å². The number of hydrogen-bond acceptors (Lipinski definition) is 3. The summed E-state index contributed by atoms with van der Waals surface area (Å²) in [7, 11) is 0. The Labute approximate surface area is 106 Å². The molecule has 18 heavy (non-hydrogen) atoms. The number of unbranched alkanes of at least 4 members (excludes halogenated alkanes) is 1. The zero-order chi connectivity index (χ0) is 13.2. The van der Waals surface area contributed by atoms with E-state index in [4.69, 9.17) is 4.42 Å². The van der Waals surface area contributed by atoms with Crippen LogP contribution in [0.25, 0.3) is 0 Å². The van der Waals surface area contributed by atoms with Gasteiger partial charge in [0.25, 0.3) is 5.91 Å². The molecule has 0 radical (unpaired) electrons. The Morgan fingerprint density at radius 2 is 1.89 bits per heavy atom. The third-order valence-electron chi connectivity index (χ3n) is 2.26. The highest BCUT2D eigenvalue weighted by Gasteiger charge is 2.06. The summed E-state index contributed by atoms with van der Waals surface area (Å²) in [6.07, 6.45) is 3.44. The van der Waals surface area contributed by atoms with Crippen molar-refractivity contribution in [3.63, 3.8) is 0 Å². The fourth-order valence-corrected chi connectivity index (χ4v) is 1.29. The van der Waals surface area contributed by atoms with Crippen LogP contribution in [0.3, 0.4) is 0 Å². The highest BCUT2D eigenvalue weighted by molar-refractivity contribution is 5.91. The van der Waals surface area contributed by atoms with Crippen LogP contribution in [0.1, 0.15) is 30.3 Å². The first-order chi connectivity index (χ1) is 8.74. The van der Waals surface area contributed by atoms with Crippen LogP contribution in [0.4, 0.5) is 4.79 Å². The second-order valence-corrected chi connectivity index (χ2v) is 3.77. The van der Waals surface area contributed by atoms with Crippen molar-refractivity contribution >= 4 is 11.9 Å². The molecule has 0 fully saturated rings. The summed E-state index contributed by atoms with van der Waals surface area (Å²) < 4.78 is 4.93. The van der Waals surface area contributed by atoms with Crippen LogP contribution in [-0.2, 0) is 0 Å². The second-order valence-electron chi connectivity index (χ2n) is 3.77.